The highest BCUT2D eigenvalue weighted by molar-refractivity contribution is 7.99. The Labute approximate surface area is 159 Å². The number of nitrogens with zero attached hydrogens (tertiary/aromatic N) is 1. The van der Waals surface area contributed by atoms with E-state index in [9.17, 15) is 0 Å². The second-order valence-corrected chi connectivity index (χ2v) is 20.8. The molecular weight excluding hydrogens is 363 g/mol. The number of thiocarbonyl (C=S) groups is 1. The van der Waals surface area contributed by atoms with Gasteiger partial charge in [0.05, 0.1) is 27.2 Å². The van der Waals surface area contributed by atoms with Crippen molar-refractivity contribution in [3.63, 3.8) is 0 Å². The molecule has 1 aromatic carbocycles. The van der Waals surface area contributed by atoms with Crippen LogP contribution in [0.5, 0.6) is 0 Å². The van der Waals surface area contributed by atoms with E-state index in [0.717, 1.165) is 12.3 Å². The molecule has 5 heteroatoms. The van der Waals surface area contributed by atoms with E-state index in [1.54, 1.807) is 0 Å². The Morgan fingerprint density at radius 3 is 2.25 bits per heavy atom. The van der Waals surface area contributed by atoms with E-state index < -0.39 is 16.1 Å². The smallest absolute Gasteiger partial charge is 0.0812 e. The van der Waals surface area contributed by atoms with Crippen molar-refractivity contribution in [3.05, 3.63) is 42.1 Å². The first-order chi connectivity index (χ1) is 11.1. The number of hydrogen-bond acceptors (Lipinski definition) is 2. The summed E-state index contributed by atoms with van der Waals surface area (Å²) in [4.78, 5) is 5.04. The molecule has 1 aliphatic heterocycles. The highest BCUT2D eigenvalue weighted by Gasteiger charge is 2.48. The van der Waals surface area contributed by atoms with Crippen LogP contribution >= 0.6 is 24.0 Å². The van der Waals surface area contributed by atoms with Crippen molar-refractivity contribution >= 4 is 45.1 Å². The van der Waals surface area contributed by atoms with Gasteiger partial charge in [-0.15, -0.1) is 11.8 Å². The summed E-state index contributed by atoms with van der Waals surface area (Å²) in [6, 6.07) is 11.2. The van der Waals surface area contributed by atoms with Gasteiger partial charge in [-0.3, -0.25) is 0 Å². The van der Waals surface area contributed by atoms with Gasteiger partial charge in [0.15, 0.2) is 0 Å². The molecular formula is C19H31NS2Si2. The Kier molecular flexibility index (Phi) is 6.56. The van der Waals surface area contributed by atoms with Crippen LogP contribution < -0.4 is 0 Å². The van der Waals surface area contributed by atoms with Gasteiger partial charge in [-0.2, -0.15) is 0 Å². The molecule has 0 radical (unpaired) electrons. The summed E-state index contributed by atoms with van der Waals surface area (Å²) in [5, 5.41) is 0. The van der Waals surface area contributed by atoms with Crippen LogP contribution in [0.3, 0.4) is 0 Å². The van der Waals surface area contributed by atoms with Gasteiger partial charge in [0, 0.05) is 22.7 Å². The topological polar surface area (TPSA) is 3.24 Å². The molecule has 1 heterocycles. The Morgan fingerprint density at radius 2 is 1.71 bits per heavy atom. The standard InChI is InChI=1S/C19H31NS2Si2/c1-23(2,3)15-12-17-18(24(4,5)6)19(21)20(17)13-14-22-16-10-8-7-9-11-16/h7-12,15,17-18H,13-14H2,1-6H3/b15-12+. The van der Waals surface area contributed by atoms with Gasteiger partial charge in [0.25, 0.3) is 0 Å². The predicted octanol–water partition coefficient (Wildman–Crippen LogP) is 5.93. The summed E-state index contributed by atoms with van der Waals surface area (Å²) in [6.45, 7) is 15.6. The van der Waals surface area contributed by atoms with E-state index in [4.69, 9.17) is 12.2 Å². The van der Waals surface area contributed by atoms with Gasteiger partial charge in [-0.1, -0.05) is 81.5 Å². The first kappa shape index (κ1) is 20.0. The lowest BCUT2D eigenvalue weighted by Crippen LogP contribution is -2.63. The van der Waals surface area contributed by atoms with Crippen molar-refractivity contribution in [1.29, 1.82) is 0 Å². The number of benzene rings is 1. The van der Waals surface area contributed by atoms with Gasteiger partial charge >= 0.3 is 0 Å². The zero-order valence-corrected chi connectivity index (χ0v) is 19.5. The number of rotatable bonds is 7. The molecule has 1 aliphatic rings. The molecule has 1 saturated heterocycles. The summed E-state index contributed by atoms with van der Waals surface area (Å²) >= 11 is 7.75. The highest BCUT2D eigenvalue weighted by Crippen LogP contribution is 2.42. The van der Waals surface area contributed by atoms with E-state index in [1.807, 2.05) is 11.8 Å². The quantitative estimate of drug-likeness (QED) is 0.321. The fraction of sp³-hybridized carbons (Fsp3) is 0.526. The van der Waals surface area contributed by atoms with Crippen LogP contribution in [0.1, 0.15) is 0 Å². The molecule has 0 saturated carbocycles. The third-order valence-electron chi connectivity index (χ3n) is 4.32. The number of hydrogen-bond donors (Lipinski definition) is 0. The van der Waals surface area contributed by atoms with Gasteiger partial charge in [0.2, 0.25) is 0 Å². The third kappa shape index (κ3) is 5.31. The summed E-state index contributed by atoms with van der Waals surface area (Å²) in [7, 11) is -2.43. The minimum Gasteiger partial charge on any atom is -0.358 e. The molecule has 2 atom stereocenters. The molecule has 0 bridgehead atoms. The van der Waals surface area contributed by atoms with Crippen LogP contribution in [0.15, 0.2) is 47.0 Å². The molecule has 2 unspecified atom stereocenters. The van der Waals surface area contributed by atoms with E-state index in [-0.39, 0.29) is 0 Å². The monoisotopic (exact) mass is 393 g/mol. The summed E-state index contributed by atoms with van der Waals surface area (Å²) in [5.74, 6) is 1.10. The van der Waals surface area contributed by atoms with Crippen LogP contribution in [0.2, 0.25) is 44.8 Å². The van der Waals surface area contributed by atoms with Gasteiger partial charge in [0.1, 0.15) is 0 Å². The van der Waals surface area contributed by atoms with Gasteiger partial charge in [-0.05, 0) is 12.1 Å². The van der Waals surface area contributed by atoms with Crippen molar-refractivity contribution in [1.82, 2.24) is 4.90 Å². The van der Waals surface area contributed by atoms with Gasteiger partial charge in [-0.25, -0.2) is 0 Å². The zero-order chi connectivity index (χ0) is 18.0. The SMILES string of the molecule is C[Si](C)(C)/C=C/C1C([Si](C)(C)C)C(=S)N1CCSc1ccccc1. The number of thioether (sulfide) groups is 1. The lowest BCUT2D eigenvalue weighted by atomic mass is 10.0. The lowest BCUT2D eigenvalue weighted by molar-refractivity contribution is 0.313. The van der Waals surface area contributed by atoms with Crippen molar-refractivity contribution in [3.8, 4) is 0 Å². The molecule has 0 amide bonds. The Balaban J connectivity index is 2.01. The van der Waals surface area contributed by atoms with Crippen molar-refractivity contribution < 1.29 is 0 Å². The molecule has 1 aromatic rings. The summed E-state index contributed by atoms with van der Waals surface area (Å²) < 4.78 is 0. The van der Waals surface area contributed by atoms with Crippen molar-refractivity contribution in [2.45, 2.75) is 55.8 Å². The Bertz CT molecular complexity index is 588. The second-order valence-electron chi connectivity index (χ2n) is 8.75. The Morgan fingerprint density at radius 1 is 1.08 bits per heavy atom. The molecule has 0 aliphatic carbocycles. The predicted molar refractivity (Wildman–Crippen MR) is 120 cm³/mol. The molecule has 132 valence electrons. The molecule has 1 nitrogen and oxygen atoms in total. The van der Waals surface area contributed by atoms with E-state index in [2.05, 4.69) is 86.3 Å². The van der Waals surface area contributed by atoms with Crippen LogP contribution in [-0.2, 0) is 0 Å². The zero-order valence-electron chi connectivity index (χ0n) is 15.9. The fourth-order valence-electron chi connectivity index (χ4n) is 3.09. The maximum Gasteiger partial charge on any atom is 0.0812 e. The second kappa shape index (κ2) is 7.89. The normalized spacial score (nSPS) is 22.1. The molecule has 0 spiro atoms. The van der Waals surface area contributed by atoms with Crippen LogP contribution in [0.25, 0.3) is 0 Å². The molecule has 1 fully saturated rings. The molecule has 24 heavy (non-hydrogen) atoms. The number of likely N-dealkylation sites (tertiary alicyclic amines) is 1. The van der Waals surface area contributed by atoms with E-state index in [0.29, 0.717) is 11.6 Å². The largest absolute Gasteiger partial charge is 0.358 e. The van der Waals surface area contributed by atoms with Gasteiger partial charge < -0.3 is 4.90 Å². The van der Waals surface area contributed by atoms with Crippen LogP contribution in [0, 0.1) is 0 Å². The average Bonchev–Trinajstić information content (AvgIpc) is 2.46. The molecule has 0 aromatic heterocycles. The molecule has 0 N–H and O–H groups in total. The van der Waals surface area contributed by atoms with E-state index in [1.165, 1.54) is 9.88 Å². The Hall–Kier alpha value is -0.366. The average molecular weight is 394 g/mol. The first-order valence-electron chi connectivity index (χ1n) is 8.77. The van der Waals surface area contributed by atoms with Crippen LogP contribution in [-0.4, -0.2) is 44.4 Å². The van der Waals surface area contributed by atoms with Crippen molar-refractivity contribution in [2.75, 3.05) is 12.3 Å². The molecule has 2 rings (SSSR count). The summed E-state index contributed by atoms with van der Waals surface area (Å²) in [6.07, 6.45) is 2.48. The van der Waals surface area contributed by atoms with E-state index >= 15 is 0 Å². The maximum absolute atomic E-state index is 5.82. The minimum atomic E-state index is -1.27. The lowest BCUT2D eigenvalue weighted by Gasteiger charge is -2.54. The summed E-state index contributed by atoms with van der Waals surface area (Å²) in [5.41, 5.74) is 3.13. The highest BCUT2D eigenvalue weighted by atomic mass is 32.2. The third-order valence-corrected chi connectivity index (χ3v) is 9.68. The van der Waals surface area contributed by atoms with Crippen molar-refractivity contribution in [2.24, 2.45) is 0 Å². The van der Waals surface area contributed by atoms with Crippen LogP contribution in [0.4, 0.5) is 0 Å². The fourth-order valence-corrected chi connectivity index (χ4v) is 8.38. The minimum absolute atomic E-state index is 0.535. The maximum atomic E-state index is 5.82. The first-order valence-corrected chi connectivity index (χ1v) is 17.3.